The highest BCUT2D eigenvalue weighted by Gasteiger charge is 2.40. The van der Waals surface area contributed by atoms with E-state index in [0.717, 1.165) is 38.0 Å². The first-order chi connectivity index (χ1) is 23.1. The number of unbranched alkanes of at least 4 members (excludes halogenated alkanes) is 1. The number of ketones is 1. The molecule has 2 saturated carbocycles. The molecule has 288 valence electrons. The Bertz CT molecular complexity index is 1080. The Morgan fingerprint density at radius 3 is 1.78 bits per heavy atom. The summed E-state index contributed by atoms with van der Waals surface area (Å²) in [6, 6.07) is -1.38. The second-order valence-electron chi connectivity index (χ2n) is 13.4. The molecule has 49 heavy (non-hydrogen) atoms. The molecule has 4 N–H and O–H groups in total. The van der Waals surface area contributed by atoms with Gasteiger partial charge in [-0.25, -0.2) is 13.2 Å². The first kappa shape index (κ1) is 48.4. The average molecular weight is 718 g/mol. The maximum Gasteiger partial charge on any atom is 0.315 e. The van der Waals surface area contributed by atoms with E-state index in [4.69, 9.17) is 0 Å². The molecule has 0 spiro atoms. The predicted molar refractivity (Wildman–Crippen MR) is 199 cm³/mol. The van der Waals surface area contributed by atoms with E-state index in [1.807, 2.05) is 27.7 Å². The summed E-state index contributed by atoms with van der Waals surface area (Å²) in [6.45, 7) is 21.6. The Kier molecular flexibility index (Phi) is 25.8. The molecule has 0 bridgehead atoms. The molecule has 1 aliphatic heterocycles. The van der Waals surface area contributed by atoms with Crippen LogP contribution < -0.4 is 21.3 Å². The van der Waals surface area contributed by atoms with E-state index in [2.05, 4.69) is 55.9 Å². The van der Waals surface area contributed by atoms with Crippen molar-refractivity contribution in [3.63, 3.8) is 0 Å². The van der Waals surface area contributed by atoms with Crippen LogP contribution in [0.2, 0.25) is 0 Å². The van der Waals surface area contributed by atoms with Crippen molar-refractivity contribution in [3.8, 4) is 0 Å². The first-order valence-electron chi connectivity index (χ1n) is 18.8. The van der Waals surface area contributed by atoms with Crippen LogP contribution in [0.4, 0.5) is 4.79 Å². The van der Waals surface area contributed by atoms with Crippen LogP contribution in [0.1, 0.15) is 147 Å². The van der Waals surface area contributed by atoms with Gasteiger partial charge in [0.1, 0.15) is 6.04 Å². The molecule has 12 nitrogen and oxygen atoms in total. The smallest absolute Gasteiger partial charge is 0.315 e. The van der Waals surface area contributed by atoms with Gasteiger partial charge in [0.15, 0.2) is 9.84 Å². The molecule has 1 atom stereocenters. The lowest BCUT2D eigenvalue weighted by Gasteiger charge is -2.38. The maximum absolute atomic E-state index is 12.8. The van der Waals surface area contributed by atoms with Crippen LogP contribution in [0.15, 0.2) is 0 Å². The topological polar surface area (TPSA) is 171 Å². The monoisotopic (exact) mass is 718 g/mol. The SMILES string of the molecule is CC.CC.CC(C)C.CC(C)S(=O)(=O)CC1(NC(=O)NCC(=O)N2CCC[C@H]2C(=O)NCC(=O)C(=O)NC2CC2)CCCCC1.CCCC. The van der Waals surface area contributed by atoms with Crippen LogP contribution in [0.5, 0.6) is 0 Å². The minimum Gasteiger partial charge on any atom is -0.347 e. The number of likely N-dealkylation sites (tertiary alicyclic amines) is 1. The van der Waals surface area contributed by atoms with Crippen molar-refractivity contribution >= 4 is 39.4 Å². The zero-order valence-corrected chi connectivity index (χ0v) is 33.4. The third-order valence-electron chi connectivity index (χ3n) is 7.75. The van der Waals surface area contributed by atoms with Gasteiger partial charge in [0.25, 0.3) is 5.91 Å². The van der Waals surface area contributed by atoms with Gasteiger partial charge < -0.3 is 26.2 Å². The van der Waals surface area contributed by atoms with E-state index < -0.39 is 62.7 Å². The number of carbonyl (C=O) groups excluding carboxylic acids is 5. The molecule has 0 unspecified atom stereocenters. The molecule has 0 radical (unpaired) electrons. The zero-order valence-electron chi connectivity index (χ0n) is 32.6. The lowest BCUT2D eigenvalue weighted by molar-refractivity contribution is -0.140. The summed E-state index contributed by atoms with van der Waals surface area (Å²) < 4.78 is 25.2. The molecule has 0 aromatic carbocycles. The summed E-state index contributed by atoms with van der Waals surface area (Å²) in [5, 5.41) is 9.80. The van der Waals surface area contributed by atoms with Crippen molar-refractivity contribution in [2.24, 2.45) is 5.92 Å². The lowest BCUT2D eigenvalue weighted by Crippen LogP contribution is -2.58. The normalized spacial score (nSPS) is 17.7. The number of amides is 5. The Morgan fingerprint density at radius 2 is 1.31 bits per heavy atom. The molecule has 0 aromatic heterocycles. The Morgan fingerprint density at radius 1 is 0.776 bits per heavy atom. The molecule has 0 aromatic rings. The highest BCUT2D eigenvalue weighted by molar-refractivity contribution is 7.92. The van der Waals surface area contributed by atoms with Gasteiger partial charge in [-0.05, 0) is 58.3 Å². The fourth-order valence-electron chi connectivity index (χ4n) is 4.83. The molecular formula is C36H71N5O7S. The van der Waals surface area contributed by atoms with Crippen molar-refractivity contribution in [3.05, 3.63) is 0 Å². The van der Waals surface area contributed by atoms with Crippen molar-refractivity contribution in [1.29, 1.82) is 0 Å². The van der Waals surface area contributed by atoms with E-state index >= 15 is 0 Å². The van der Waals surface area contributed by atoms with Gasteiger partial charge in [-0.15, -0.1) is 0 Å². The number of urea groups is 1. The Hall–Kier alpha value is -2.70. The third-order valence-corrected chi connectivity index (χ3v) is 10.1. The number of nitrogens with one attached hydrogen (secondary N) is 4. The molecule has 1 saturated heterocycles. The Balaban J connectivity index is 0. The molecule has 3 fully saturated rings. The molecule has 3 rings (SSSR count). The van der Waals surface area contributed by atoms with E-state index in [1.165, 1.54) is 17.7 Å². The predicted octanol–water partition coefficient (Wildman–Crippen LogP) is 5.29. The molecule has 13 heteroatoms. The van der Waals surface area contributed by atoms with Gasteiger partial charge in [-0.1, -0.05) is 94.4 Å². The summed E-state index contributed by atoms with van der Waals surface area (Å²) in [5.74, 6) is -1.77. The molecular weight excluding hydrogens is 646 g/mol. The summed E-state index contributed by atoms with van der Waals surface area (Å²) in [5.41, 5.74) is -0.872. The maximum atomic E-state index is 12.8. The average Bonchev–Trinajstić information content (AvgIpc) is 3.74. The van der Waals surface area contributed by atoms with Crippen LogP contribution in [0.25, 0.3) is 0 Å². The van der Waals surface area contributed by atoms with E-state index in [1.54, 1.807) is 13.8 Å². The van der Waals surface area contributed by atoms with Crippen molar-refractivity contribution in [2.45, 2.75) is 170 Å². The number of hydrogen-bond donors (Lipinski definition) is 4. The van der Waals surface area contributed by atoms with Gasteiger partial charge in [0.05, 0.1) is 29.6 Å². The highest BCUT2D eigenvalue weighted by atomic mass is 32.2. The summed E-state index contributed by atoms with van der Waals surface area (Å²) in [7, 11) is -3.39. The van der Waals surface area contributed by atoms with Gasteiger partial charge >= 0.3 is 6.03 Å². The highest BCUT2D eigenvalue weighted by Crippen LogP contribution is 2.30. The van der Waals surface area contributed by atoms with Crippen molar-refractivity contribution in [2.75, 3.05) is 25.4 Å². The van der Waals surface area contributed by atoms with Gasteiger partial charge in [0.2, 0.25) is 17.6 Å². The van der Waals surface area contributed by atoms with E-state index in [-0.39, 0.29) is 18.3 Å². The second-order valence-corrected chi connectivity index (χ2v) is 15.9. The summed E-state index contributed by atoms with van der Waals surface area (Å²) in [6.07, 6.45) is 9.00. The minimum absolute atomic E-state index is 0.0346. The lowest BCUT2D eigenvalue weighted by atomic mass is 9.83. The number of sulfone groups is 1. The largest absolute Gasteiger partial charge is 0.347 e. The summed E-state index contributed by atoms with van der Waals surface area (Å²) in [4.78, 5) is 63.2. The number of Topliss-reactive ketones (excluding diaryl/α,β-unsaturated/α-hetero) is 1. The minimum atomic E-state index is -3.39. The first-order valence-corrected chi connectivity index (χ1v) is 20.5. The standard InChI is InChI=1S/C24H39N5O7S.2C4H10.2C2H6/c1-16(2)37(35,36)15-24(10-4-3-5-11-24)28-23(34)26-14-20(31)29-12-6-7-18(29)21(32)25-13-19(30)22(33)27-17-8-9-17;1-4(2)3;1-3-4-2;2*1-2/h16-18H,3-15H2,1-2H3,(H,25,32)(H,27,33)(H2,26,28,34);4H,1-3H3;3-4H2,1-2H3;2*1-2H3/t18-;;;;/m0..../s1. The molecule has 2 aliphatic carbocycles. The summed E-state index contributed by atoms with van der Waals surface area (Å²) >= 11 is 0. The molecule has 5 amide bonds. The van der Waals surface area contributed by atoms with E-state index in [9.17, 15) is 32.4 Å². The number of rotatable bonds is 12. The van der Waals surface area contributed by atoms with Gasteiger partial charge in [0, 0.05) is 12.6 Å². The van der Waals surface area contributed by atoms with Crippen LogP contribution in [-0.4, -0.2) is 91.1 Å². The second kappa shape index (κ2) is 26.2. The number of nitrogens with zero attached hydrogens (tertiary/aromatic N) is 1. The van der Waals surface area contributed by atoms with Crippen LogP contribution in [0.3, 0.4) is 0 Å². The van der Waals surface area contributed by atoms with Crippen LogP contribution in [-0.2, 0) is 29.0 Å². The number of hydrogen-bond acceptors (Lipinski definition) is 7. The van der Waals surface area contributed by atoms with E-state index in [0.29, 0.717) is 32.2 Å². The molecule has 1 heterocycles. The quantitative estimate of drug-likeness (QED) is 0.199. The van der Waals surface area contributed by atoms with Crippen LogP contribution >= 0.6 is 0 Å². The van der Waals surface area contributed by atoms with Crippen molar-refractivity contribution in [1.82, 2.24) is 26.2 Å². The Labute approximate surface area is 298 Å². The fraction of sp³-hybridized carbons (Fsp3) is 0.861. The third kappa shape index (κ3) is 20.5. The van der Waals surface area contributed by atoms with Crippen molar-refractivity contribution < 1.29 is 32.4 Å². The van der Waals surface area contributed by atoms with Crippen LogP contribution in [0, 0.1) is 5.92 Å². The van der Waals surface area contributed by atoms with Gasteiger partial charge in [-0.3, -0.25) is 19.2 Å². The number of carbonyl (C=O) groups is 5. The fourth-order valence-corrected chi connectivity index (χ4v) is 6.29. The molecule has 3 aliphatic rings. The van der Waals surface area contributed by atoms with Gasteiger partial charge in [-0.2, -0.15) is 0 Å². The zero-order chi connectivity index (χ0) is 38.2.